The summed E-state index contributed by atoms with van der Waals surface area (Å²) in [5.41, 5.74) is 0.836. The van der Waals surface area contributed by atoms with Crippen LogP contribution in [0.15, 0.2) is 36.7 Å². The minimum absolute atomic E-state index is 0.216. The van der Waals surface area contributed by atoms with Crippen molar-refractivity contribution >= 4 is 0 Å². The maximum atomic E-state index is 10.1. The number of ether oxygens (including phenoxy) is 1. The number of nitrogens with zero attached hydrogens (tertiary/aromatic N) is 2. The predicted octanol–water partition coefficient (Wildman–Crippen LogP) is 2.17. The predicted molar refractivity (Wildman–Crippen MR) is 77.8 cm³/mol. The van der Waals surface area contributed by atoms with Gasteiger partial charge < -0.3 is 15.2 Å². The molecule has 2 aromatic rings. The van der Waals surface area contributed by atoms with Crippen LogP contribution in [0.3, 0.4) is 0 Å². The summed E-state index contributed by atoms with van der Waals surface area (Å²) in [5, 5.41) is 17.7. The van der Waals surface area contributed by atoms with E-state index in [-0.39, 0.29) is 11.8 Å². The van der Waals surface area contributed by atoms with E-state index in [9.17, 15) is 5.11 Å². The summed E-state index contributed by atoms with van der Waals surface area (Å²) < 4.78 is 7.26. The average Bonchev–Trinajstić information content (AvgIpc) is 2.93. The first-order chi connectivity index (χ1) is 9.70. The number of hydrogen-bond acceptors (Lipinski definition) is 4. The number of aromatic hydroxyl groups is 1. The number of phenols is 1. The fourth-order valence-corrected chi connectivity index (χ4v) is 2.02. The Morgan fingerprint density at radius 3 is 2.95 bits per heavy atom. The van der Waals surface area contributed by atoms with E-state index in [4.69, 9.17) is 4.74 Å². The van der Waals surface area contributed by atoms with Gasteiger partial charge in [-0.05, 0) is 26.0 Å². The van der Waals surface area contributed by atoms with Crippen molar-refractivity contribution in [1.82, 2.24) is 15.1 Å². The van der Waals surface area contributed by atoms with Crippen molar-refractivity contribution in [3.05, 3.63) is 42.2 Å². The van der Waals surface area contributed by atoms with Crippen molar-refractivity contribution in [2.24, 2.45) is 0 Å². The second-order valence-electron chi connectivity index (χ2n) is 4.71. The number of benzene rings is 1. The Balaban J connectivity index is 1.91. The standard InChI is InChI=1S/C15H21N3O2/c1-3-20-14-7-4-6-13(15(14)19)10-16-12(2)11-18-9-5-8-17-18/h4-9,12,16,19H,3,10-11H2,1-2H3. The number of nitrogens with one attached hydrogen (secondary N) is 1. The molecule has 1 atom stereocenters. The molecule has 108 valence electrons. The Bertz CT molecular complexity index is 526. The fraction of sp³-hybridized carbons (Fsp3) is 0.400. The van der Waals surface area contributed by atoms with Crippen molar-refractivity contribution in [3.8, 4) is 11.5 Å². The molecular weight excluding hydrogens is 254 g/mol. The van der Waals surface area contributed by atoms with Crippen LogP contribution in [0.5, 0.6) is 11.5 Å². The Morgan fingerprint density at radius 2 is 2.25 bits per heavy atom. The van der Waals surface area contributed by atoms with Gasteiger partial charge in [0.1, 0.15) is 0 Å². The summed E-state index contributed by atoms with van der Waals surface area (Å²) in [4.78, 5) is 0. The smallest absolute Gasteiger partial charge is 0.162 e. The molecule has 1 unspecified atom stereocenters. The van der Waals surface area contributed by atoms with Gasteiger partial charge in [-0.15, -0.1) is 0 Å². The highest BCUT2D eigenvalue weighted by Crippen LogP contribution is 2.29. The maximum absolute atomic E-state index is 10.1. The Labute approximate surface area is 119 Å². The van der Waals surface area contributed by atoms with Gasteiger partial charge in [0, 0.05) is 30.5 Å². The van der Waals surface area contributed by atoms with Gasteiger partial charge >= 0.3 is 0 Å². The fourth-order valence-electron chi connectivity index (χ4n) is 2.02. The number of rotatable bonds is 7. The molecule has 0 saturated carbocycles. The molecule has 5 nitrogen and oxygen atoms in total. The molecule has 2 N–H and O–H groups in total. The second kappa shape index (κ2) is 6.96. The molecular formula is C15H21N3O2. The summed E-state index contributed by atoms with van der Waals surface area (Å²) >= 11 is 0. The third-order valence-corrected chi connectivity index (χ3v) is 3.04. The van der Waals surface area contributed by atoms with Crippen LogP contribution in [0.1, 0.15) is 19.4 Å². The van der Waals surface area contributed by atoms with Crippen LogP contribution in [0.4, 0.5) is 0 Å². The van der Waals surface area contributed by atoms with Crippen molar-refractivity contribution in [2.75, 3.05) is 6.61 Å². The molecule has 1 aromatic carbocycles. The lowest BCUT2D eigenvalue weighted by atomic mass is 10.1. The minimum atomic E-state index is 0.216. The zero-order valence-electron chi connectivity index (χ0n) is 11.9. The van der Waals surface area contributed by atoms with Crippen molar-refractivity contribution in [3.63, 3.8) is 0 Å². The van der Waals surface area contributed by atoms with Gasteiger partial charge in [0.2, 0.25) is 0 Å². The third kappa shape index (κ3) is 3.74. The topological polar surface area (TPSA) is 59.3 Å². The highest BCUT2D eigenvalue weighted by atomic mass is 16.5. The van der Waals surface area contributed by atoms with Crippen molar-refractivity contribution < 1.29 is 9.84 Å². The van der Waals surface area contributed by atoms with Gasteiger partial charge in [-0.1, -0.05) is 12.1 Å². The Kier molecular flexibility index (Phi) is 5.01. The lowest BCUT2D eigenvalue weighted by Gasteiger charge is -2.15. The van der Waals surface area contributed by atoms with Gasteiger partial charge in [0.05, 0.1) is 13.2 Å². The number of para-hydroxylation sites is 1. The van der Waals surface area contributed by atoms with E-state index < -0.39 is 0 Å². The third-order valence-electron chi connectivity index (χ3n) is 3.04. The second-order valence-corrected chi connectivity index (χ2v) is 4.71. The van der Waals surface area contributed by atoms with Crippen molar-refractivity contribution in [2.45, 2.75) is 33.0 Å². The van der Waals surface area contributed by atoms with E-state index in [1.54, 1.807) is 12.3 Å². The first-order valence-corrected chi connectivity index (χ1v) is 6.85. The summed E-state index contributed by atoms with van der Waals surface area (Å²) in [6.45, 7) is 5.91. The average molecular weight is 275 g/mol. The SMILES string of the molecule is CCOc1cccc(CNC(C)Cn2cccn2)c1O. The number of phenolic OH excluding ortho intramolecular Hbond substituents is 1. The molecule has 0 aliphatic heterocycles. The van der Waals surface area contributed by atoms with E-state index in [1.165, 1.54) is 0 Å². The molecule has 20 heavy (non-hydrogen) atoms. The molecule has 1 aromatic heterocycles. The molecule has 0 aliphatic rings. The highest BCUT2D eigenvalue weighted by molar-refractivity contribution is 5.45. The number of hydrogen-bond donors (Lipinski definition) is 2. The van der Waals surface area contributed by atoms with Crippen LogP contribution in [-0.4, -0.2) is 27.5 Å². The Morgan fingerprint density at radius 1 is 1.40 bits per heavy atom. The van der Waals surface area contributed by atoms with Gasteiger partial charge in [-0.2, -0.15) is 5.10 Å². The molecule has 1 heterocycles. The van der Waals surface area contributed by atoms with E-state index in [1.807, 2.05) is 36.0 Å². The van der Waals surface area contributed by atoms with Crippen LogP contribution < -0.4 is 10.1 Å². The molecule has 0 radical (unpaired) electrons. The zero-order chi connectivity index (χ0) is 14.4. The molecule has 0 amide bonds. The van der Waals surface area contributed by atoms with E-state index in [2.05, 4.69) is 17.3 Å². The molecule has 5 heteroatoms. The lowest BCUT2D eigenvalue weighted by Crippen LogP contribution is -2.30. The monoisotopic (exact) mass is 275 g/mol. The summed E-state index contributed by atoms with van der Waals surface area (Å²) in [6.07, 6.45) is 3.70. The van der Waals surface area contributed by atoms with Gasteiger partial charge in [-0.3, -0.25) is 4.68 Å². The molecule has 0 bridgehead atoms. The first-order valence-electron chi connectivity index (χ1n) is 6.85. The van der Waals surface area contributed by atoms with Crippen LogP contribution in [0.25, 0.3) is 0 Å². The summed E-state index contributed by atoms with van der Waals surface area (Å²) in [6, 6.07) is 7.72. The van der Waals surface area contributed by atoms with Gasteiger partial charge in [0.25, 0.3) is 0 Å². The normalized spacial score (nSPS) is 12.3. The van der Waals surface area contributed by atoms with E-state index in [0.717, 1.165) is 12.1 Å². The van der Waals surface area contributed by atoms with Gasteiger partial charge in [0.15, 0.2) is 11.5 Å². The summed E-state index contributed by atoms with van der Waals surface area (Å²) in [7, 11) is 0. The molecule has 0 fully saturated rings. The van der Waals surface area contributed by atoms with Crippen LogP contribution in [0.2, 0.25) is 0 Å². The number of aromatic nitrogens is 2. The molecule has 0 aliphatic carbocycles. The lowest BCUT2D eigenvalue weighted by molar-refractivity contribution is 0.315. The van der Waals surface area contributed by atoms with Crippen LogP contribution >= 0.6 is 0 Å². The molecule has 0 spiro atoms. The van der Waals surface area contributed by atoms with E-state index in [0.29, 0.717) is 18.9 Å². The molecule has 2 rings (SSSR count). The Hall–Kier alpha value is -2.01. The quantitative estimate of drug-likeness (QED) is 0.813. The highest BCUT2D eigenvalue weighted by Gasteiger charge is 2.09. The van der Waals surface area contributed by atoms with Crippen LogP contribution in [0, 0.1) is 0 Å². The van der Waals surface area contributed by atoms with Crippen molar-refractivity contribution in [1.29, 1.82) is 0 Å². The molecule has 0 saturated heterocycles. The largest absolute Gasteiger partial charge is 0.504 e. The zero-order valence-corrected chi connectivity index (χ0v) is 11.9. The maximum Gasteiger partial charge on any atom is 0.162 e. The summed E-state index contributed by atoms with van der Waals surface area (Å²) in [5.74, 6) is 0.750. The minimum Gasteiger partial charge on any atom is -0.504 e. The van der Waals surface area contributed by atoms with E-state index >= 15 is 0 Å². The van der Waals surface area contributed by atoms with Gasteiger partial charge in [-0.25, -0.2) is 0 Å². The first kappa shape index (κ1) is 14.4. The van der Waals surface area contributed by atoms with Crippen LogP contribution in [-0.2, 0) is 13.1 Å².